The van der Waals surface area contributed by atoms with Gasteiger partial charge in [0.2, 0.25) is 11.8 Å². The van der Waals surface area contributed by atoms with E-state index in [4.69, 9.17) is 5.73 Å². The predicted molar refractivity (Wildman–Crippen MR) is 119 cm³/mol. The van der Waals surface area contributed by atoms with Crippen molar-refractivity contribution in [1.82, 2.24) is 10.3 Å². The van der Waals surface area contributed by atoms with Crippen LogP contribution in [0.2, 0.25) is 0 Å². The van der Waals surface area contributed by atoms with E-state index in [9.17, 15) is 9.59 Å². The molecule has 2 fully saturated rings. The van der Waals surface area contributed by atoms with Gasteiger partial charge in [0.25, 0.3) is 0 Å². The lowest BCUT2D eigenvalue weighted by atomic mass is 9.65. The molecule has 1 aromatic carbocycles. The van der Waals surface area contributed by atoms with Crippen molar-refractivity contribution < 1.29 is 9.59 Å². The van der Waals surface area contributed by atoms with Gasteiger partial charge in [-0.25, -0.2) is 0 Å². The average molecular weight is 439 g/mol. The van der Waals surface area contributed by atoms with Gasteiger partial charge in [-0.05, 0) is 49.7 Å². The summed E-state index contributed by atoms with van der Waals surface area (Å²) in [4.78, 5) is 29.2. The number of para-hydroxylation sites is 1. The molecule has 1 heterocycles. The van der Waals surface area contributed by atoms with E-state index < -0.39 is 0 Å². The third kappa shape index (κ3) is 5.18. The largest absolute Gasteiger partial charge is 0.347 e. The Morgan fingerprint density at radius 3 is 2.48 bits per heavy atom. The molecule has 2 aliphatic rings. The standard InChI is InChI=1S/C21H26N4O2.2ClH/c22-19-14-5-1-6-15(19)11-16(10-14)21(27)24-12-18(26)25-17-8-2-4-13-7-3-9-23-20(13)17;;/h2-4,7-9,14-16,19H,1,5-6,10-12,22H2,(H,24,27)(H,25,26);2*1H. The second-order valence-electron chi connectivity index (χ2n) is 7.84. The van der Waals surface area contributed by atoms with E-state index in [0.29, 0.717) is 17.5 Å². The molecule has 2 atom stereocenters. The zero-order chi connectivity index (χ0) is 18.8. The van der Waals surface area contributed by atoms with E-state index in [2.05, 4.69) is 15.6 Å². The average Bonchev–Trinajstić information content (AvgIpc) is 2.66. The minimum Gasteiger partial charge on any atom is -0.347 e. The number of pyridine rings is 1. The van der Waals surface area contributed by atoms with Gasteiger partial charge in [0.15, 0.2) is 0 Å². The van der Waals surface area contributed by atoms with Crippen molar-refractivity contribution in [2.45, 2.75) is 38.1 Å². The minimum absolute atomic E-state index is 0. The maximum Gasteiger partial charge on any atom is 0.243 e. The lowest BCUT2D eigenvalue weighted by Gasteiger charge is -2.43. The van der Waals surface area contributed by atoms with E-state index in [1.807, 2.05) is 30.3 Å². The fraction of sp³-hybridized carbons (Fsp3) is 0.476. The maximum atomic E-state index is 12.6. The summed E-state index contributed by atoms with van der Waals surface area (Å²) in [6, 6.07) is 9.69. The van der Waals surface area contributed by atoms with Crippen LogP contribution in [0, 0.1) is 17.8 Å². The Balaban J connectivity index is 0.00000150. The molecule has 2 amide bonds. The van der Waals surface area contributed by atoms with Crippen molar-refractivity contribution in [3.63, 3.8) is 0 Å². The second kappa shape index (κ2) is 10.2. The topological polar surface area (TPSA) is 97.1 Å². The quantitative estimate of drug-likeness (QED) is 0.681. The summed E-state index contributed by atoms with van der Waals surface area (Å²) in [6.07, 6.45) is 6.85. The van der Waals surface area contributed by atoms with Crippen LogP contribution < -0.4 is 16.4 Å². The van der Waals surface area contributed by atoms with Crippen LogP contribution in [-0.4, -0.2) is 29.4 Å². The molecule has 2 unspecified atom stereocenters. The third-order valence-electron chi connectivity index (χ3n) is 6.11. The highest BCUT2D eigenvalue weighted by Crippen LogP contribution is 2.41. The molecule has 158 valence electrons. The van der Waals surface area contributed by atoms with Gasteiger partial charge in [0.05, 0.1) is 17.7 Å². The highest BCUT2D eigenvalue weighted by atomic mass is 35.5. The van der Waals surface area contributed by atoms with Crippen molar-refractivity contribution >= 4 is 53.2 Å². The summed E-state index contributed by atoms with van der Waals surface area (Å²) >= 11 is 0. The number of anilines is 1. The number of hydrogen-bond acceptors (Lipinski definition) is 4. The first-order valence-electron chi connectivity index (χ1n) is 9.78. The van der Waals surface area contributed by atoms with E-state index >= 15 is 0 Å². The summed E-state index contributed by atoms with van der Waals surface area (Å²) in [7, 11) is 0. The monoisotopic (exact) mass is 438 g/mol. The first kappa shape index (κ1) is 23.4. The number of halogens is 2. The van der Waals surface area contributed by atoms with Gasteiger partial charge in [-0.2, -0.15) is 0 Å². The predicted octanol–water partition coefficient (Wildman–Crippen LogP) is 3.29. The Morgan fingerprint density at radius 1 is 1.07 bits per heavy atom. The number of nitrogens with one attached hydrogen (secondary N) is 2. The molecule has 1 aromatic heterocycles. The summed E-state index contributed by atoms with van der Waals surface area (Å²) in [5, 5.41) is 6.63. The fourth-order valence-electron chi connectivity index (χ4n) is 4.71. The first-order valence-corrected chi connectivity index (χ1v) is 9.78. The molecule has 4 rings (SSSR count). The molecule has 2 saturated carbocycles. The SMILES string of the molecule is Cl.Cl.NC1C2CCCC1CC(C(=O)NCC(=O)Nc1cccc3cccnc13)C2. The van der Waals surface area contributed by atoms with Crippen molar-refractivity contribution in [2.24, 2.45) is 23.5 Å². The van der Waals surface area contributed by atoms with Crippen LogP contribution in [-0.2, 0) is 9.59 Å². The Labute approximate surface area is 183 Å². The van der Waals surface area contributed by atoms with Crippen LogP contribution in [0.4, 0.5) is 5.69 Å². The zero-order valence-corrected chi connectivity index (χ0v) is 17.8. The van der Waals surface area contributed by atoms with Gasteiger partial charge in [-0.3, -0.25) is 14.6 Å². The molecule has 29 heavy (non-hydrogen) atoms. The normalized spacial score (nSPS) is 25.3. The molecular weight excluding hydrogens is 411 g/mol. The molecule has 2 aliphatic carbocycles. The van der Waals surface area contributed by atoms with Crippen molar-refractivity contribution in [3.8, 4) is 0 Å². The second-order valence-corrected chi connectivity index (χ2v) is 7.84. The molecule has 0 radical (unpaired) electrons. The van der Waals surface area contributed by atoms with Crippen LogP contribution in [0.15, 0.2) is 36.5 Å². The van der Waals surface area contributed by atoms with Gasteiger partial charge in [0.1, 0.15) is 0 Å². The molecule has 2 bridgehead atoms. The summed E-state index contributed by atoms with van der Waals surface area (Å²) < 4.78 is 0. The van der Waals surface area contributed by atoms with E-state index in [1.165, 1.54) is 6.42 Å². The Hall–Kier alpha value is -1.89. The van der Waals surface area contributed by atoms with Gasteiger partial charge in [-0.15, -0.1) is 24.8 Å². The van der Waals surface area contributed by atoms with E-state index in [0.717, 1.165) is 36.6 Å². The van der Waals surface area contributed by atoms with Crippen LogP contribution in [0.25, 0.3) is 10.9 Å². The number of amides is 2. The number of fused-ring (bicyclic) bond motifs is 3. The van der Waals surface area contributed by atoms with Gasteiger partial charge in [0, 0.05) is 23.5 Å². The molecule has 2 aromatic rings. The Bertz CT molecular complexity index is 844. The van der Waals surface area contributed by atoms with Crippen molar-refractivity contribution in [3.05, 3.63) is 36.5 Å². The van der Waals surface area contributed by atoms with Crippen molar-refractivity contribution in [1.29, 1.82) is 0 Å². The van der Waals surface area contributed by atoms with Gasteiger partial charge < -0.3 is 16.4 Å². The van der Waals surface area contributed by atoms with Gasteiger partial charge >= 0.3 is 0 Å². The van der Waals surface area contributed by atoms with Crippen LogP contribution in [0.3, 0.4) is 0 Å². The Morgan fingerprint density at radius 2 is 1.76 bits per heavy atom. The molecule has 0 spiro atoms. The van der Waals surface area contributed by atoms with E-state index in [-0.39, 0.29) is 55.1 Å². The number of carbonyl (C=O) groups excluding carboxylic acids is 2. The number of rotatable bonds is 4. The van der Waals surface area contributed by atoms with E-state index in [1.54, 1.807) is 6.20 Å². The lowest BCUT2D eigenvalue weighted by Crippen LogP contribution is -2.49. The van der Waals surface area contributed by atoms with Crippen molar-refractivity contribution in [2.75, 3.05) is 11.9 Å². The summed E-state index contributed by atoms with van der Waals surface area (Å²) in [5.41, 5.74) is 7.70. The van der Waals surface area contributed by atoms with Crippen LogP contribution in [0.5, 0.6) is 0 Å². The number of carbonyl (C=O) groups is 2. The molecule has 8 heteroatoms. The Kier molecular flexibility index (Phi) is 8.25. The van der Waals surface area contributed by atoms with Crippen LogP contribution in [0.1, 0.15) is 32.1 Å². The molecule has 0 aliphatic heterocycles. The fourth-order valence-corrected chi connectivity index (χ4v) is 4.71. The first-order chi connectivity index (χ1) is 13.1. The number of hydrogen-bond donors (Lipinski definition) is 3. The van der Waals surface area contributed by atoms with Gasteiger partial charge in [-0.1, -0.05) is 24.6 Å². The molecule has 0 saturated heterocycles. The third-order valence-corrected chi connectivity index (χ3v) is 6.11. The molecule has 6 nitrogen and oxygen atoms in total. The number of benzene rings is 1. The maximum absolute atomic E-state index is 12.6. The summed E-state index contributed by atoms with van der Waals surface area (Å²) in [6.45, 7) is -0.0278. The highest BCUT2D eigenvalue weighted by molar-refractivity contribution is 6.01. The smallest absolute Gasteiger partial charge is 0.243 e. The molecule has 4 N–H and O–H groups in total. The molecular formula is C21H28Cl2N4O2. The lowest BCUT2D eigenvalue weighted by molar-refractivity contribution is -0.129. The number of aromatic nitrogens is 1. The van der Waals surface area contributed by atoms with Crippen LogP contribution >= 0.6 is 24.8 Å². The minimum atomic E-state index is -0.241. The summed E-state index contributed by atoms with van der Waals surface area (Å²) in [5.74, 6) is 0.610. The zero-order valence-electron chi connectivity index (χ0n) is 16.2. The number of nitrogens with two attached hydrogens (primary N) is 1. The highest BCUT2D eigenvalue weighted by Gasteiger charge is 2.40. The number of nitrogens with zero attached hydrogens (tertiary/aromatic N) is 1.